The summed E-state index contributed by atoms with van der Waals surface area (Å²) in [4.78, 5) is 1.33. The van der Waals surface area contributed by atoms with Gasteiger partial charge in [0.1, 0.15) is 5.82 Å². The van der Waals surface area contributed by atoms with Crippen LogP contribution in [0.15, 0.2) is 34.1 Å². The first-order chi connectivity index (χ1) is 9.11. The van der Waals surface area contributed by atoms with Gasteiger partial charge in [0, 0.05) is 15.4 Å². The van der Waals surface area contributed by atoms with Crippen molar-refractivity contribution in [3.05, 3.63) is 55.9 Å². The maximum atomic E-state index is 13.4. The largest absolute Gasteiger partial charge is 0.309 e. The van der Waals surface area contributed by atoms with Gasteiger partial charge >= 0.3 is 0 Å². The Balaban J connectivity index is 2.26. The number of thiophene rings is 1. The Kier molecular flexibility index (Phi) is 5.13. The highest BCUT2D eigenvalue weighted by Crippen LogP contribution is 2.29. The monoisotopic (exact) mass is 341 g/mol. The number of hydrogen-bond donors (Lipinski definition) is 1. The molecule has 1 unspecified atom stereocenters. The zero-order valence-electron chi connectivity index (χ0n) is 11.0. The van der Waals surface area contributed by atoms with E-state index in [2.05, 4.69) is 46.5 Å². The van der Waals surface area contributed by atoms with E-state index in [4.69, 9.17) is 0 Å². The van der Waals surface area contributed by atoms with Gasteiger partial charge in [-0.25, -0.2) is 4.39 Å². The molecule has 1 atom stereocenters. The highest BCUT2D eigenvalue weighted by Gasteiger charge is 2.16. The molecule has 0 aliphatic heterocycles. The molecule has 102 valence electrons. The fraction of sp³-hybridized carbons (Fsp3) is 0.333. The summed E-state index contributed by atoms with van der Waals surface area (Å²) in [6, 6.07) is 7.23. The zero-order chi connectivity index (χ0) is 13.8. The van der Waals surface area contributed by atoms with Crippen LogP contribution >= 0.6 is 27.3 Å². The average Bonchev–Trinajstić information content (AvgIpc) is 2.79. The minimum atomic E-state index is -0.184. The second-order valence-electron chi connectivity index (χ2n) is 4.52. The smallest absolute Gasteiger partial charge is 0.123 e. The second-order valence-corrected chi connectivity index (χ2v) is 6.32. The lowest BCUT2D eigenvalue weighted by Crippen LogP contribution is -2.22. The Labute approximate surface area is 126 Å². The van der Waals surface area contributed by atoms with Crippen LogP contribution in [-0.2, 0) is 6.42 Å². The van der Waals surface area contributed by atoms with Crippen LogP contribution in [0.25, 0.3) is 0 Å². The predicted octanol–water partition coefficient (Wildman–Crippen LogP) is 4.85. The quantitative estimate of drug-likeness (QED) is 0.819. The molecule has 4 heteroatoms. The number of benzene rings is 1. The molecule has 0 saturated carbocycles. The second kappa shape index (κ2) is 6.64. The fourth-order valence-corrected chi connectivity index (χ4v) is 3.58. The Morgan fingerprint density at radius 1 is 1.37 bits per heavy atom. The maximum Gasteiger partial charge on any atom is 0.123 e. The van der Waals surface area contributed by atoms with Crippen molar-refractivity contribution in [2.45, 2.75) is 26.3 Å². The van der Waals surface area contributed by atoms with Crippen LogP contribution in [0.4, 0.5) is 4.39 Å². The molecule has 2 aromatic rings. The van der Waals surface area contributed by atoms with Gasteiger partial charge in [-0.05, 0) is 60.7 Å². The molecule has 0 radical (unpaired) electrons. The Hall–Kier alpha value is -0.710. The molecule has 1 N–H and O–H groups in total. The Morgan fingerprint density at radius 2 is 2.16 bits per heavy atom. The van der Waals surface area contributed by atoms with Crippen molar-refractivity contribution in [3.63, 3.8) is 0 Å². The summed E-state index contributed by atoms with van der Waals surface area (Å²) in [6.07, 6.45) is 0.785. The number of aryl methyl sites for hydroxylation is 1. The lowest BCUT2D eigenvalue weighted by atomic mass is 10.0. The summed E-state index contributed by atoms with van der Waals surface area (Å²) in [5.41, 5.74) is 2.29. The standard InChI is InChI=1S/C15H17BrFNS/c1-3-18-14(15-10(2)6-7-19-15)9-11-8-12(17)4-5-13(11)16/h4-8,14,18H,3,9H2,1-2H3. The molecule has 1 aromatic heterocycles. The summed E-state index contributed by atoms with van der Waals surface area (Å²) in [7, 11) is 0. The van der Waals surface area contributed by atoms with E-state index >= 15 is 0 Å². The van der Waals surface area contributed by atoms with Crippen LogP contribution < -0.4 is 5.32 Å². The van der Waals surface area contributed by atoms with Gasteiger partial charge in [-0.15, -0.1) is 11.3 Å². The summed E-state index contributed by atoms with van der Waals surface area (Å²) in [6.45, 7) is 5.11. The SMILES string of the molecule is CCNC(Cc1cc(F)ccc1Br)c1sccc1C. The number of rotatable bonds is 5. The van der Waals surface area contributed by atoms with Gasteiger partial charge < -0.3 is 5.32 Å². The topological polar surface area (TPSA) is 12.0 Å². The summed E-state index contributed by atoms with van der Waals surface area (Å²) < 4.78 is 14.3. The molecule has 0 aliphatic rings. The van der Waals surface area contributed by atoms with E-state index in [1.54, 1.807) is 23.5 Å². The number of halogens is 2. The first kappa shape index (κ1) is 14.7. The zero-order valence-corrected chi connectivity index (χ0v) is 13.4. The van der Waals surface area contributed by atoms with E-state index in [0.29, 0.717) is 0 Å². The molecule has 2 rings (SSSR count). The third-order valence-corrected chi connectivity index (χ3v) is 5.01. The normalized spacial score (nSPS) is 12.6. The van der Waals surface area contributed by atoms with Crippen LogP contribution in [0.2, 0.25) is 0 Å². The van der Waals surface area contributed by atoms with Crippen molar-refractivity contribution in [2.24, 2.45) is 0 Å². The molecular weight excluding hydrogens is 325 g/mol. The van der Waals surface area contributed by atoms with Gasteiger partial charge in [0.2, 0.25) is 0 Å². The van der Waals surface area contributed by atoms with Crippen molar-refractivity contribution in [3.8, 4) is 0 Å². The van der Waals surface area contributed by atoms with Crippen LogP contribution in [0.5, 0.6) is 0 Å². The van der Waals surface area contributed by atoms with Crippen molar-refractivity contribution in [1.29, 1.82) is 0 Å². The van der Waals surface area contributed by atoms with Crippen molar-refractivity contribution < 1.29 is 4.39 Å². The molecule has 1 heterocycles. The summed E-state index contributed by atoms with van der Waals surface area (Å²) >= 11 is 5.26. The Morgan fingerprint density at radius 3 is 2.79 bits per heavy atom. The van der Waals surface area contributed by atoms with Gasteiger partial charge in [-0.2, -0.15) is 0 Å². The number of nitrogens with one attached hydrogen (secondary N) is 1. The van der Waals surface area contributed by atoms with Crippen LogP contribution in [0.3, 0.4) is 0 Å². The molecule has 1 aromatic carbocycles. The van der Waals surface area contributed by atoms with Gasteiger partial charge in [0.05, 0.1) is 0 Å². The highest BCUT2D eigenvalue weighted by molar-refractivity contribution is 9.10. The number of hydrogen-bond acceptors (Lipinski definition) is 2. The molecule has 0 saturated heterocycles. The van der Waals surface area contributed by atoms with Crippen molar-refractivity contribution >= 4 is 27.3 Å². The van der Waals surface area contributed by atoms with Gasteiger partial charge in [-0.1, -0.05) is 22.9 Å². The third kappa shape index (κ3) is 3.65. The fourth-order valence-electron chi connectivity index (χ4n) is 2.17. The van der Waals surface area contributed by atoms with Gasteiger partial charge in [0.25, 0.3) is 0 Å². The molecule has 0 spiro atoms. The lowest BCUT2D eigenvalue weighted by molar-refractivity contribution is 0.551. The molecule has 1 nitrogen and oxygen atoms in total. The van der Waals surface area contributed by atoms with E-state index in [9.17, 15) is 4.39 Å². The minimum Gasteiger partial charge on any atom is -0.309 e. The molecule has 0 bridgehead atoms. The van der Waals surface area contributed by atoms with E-state index in [1.807, 2.05) is 0 Å². The third-order valence-electron chi connectivity index (χ3n) is 3.10. The van der Waals surface area contributed by atoms with E-state index in [0.717, 1.165) is 23.0 Å². The molecule has 0 amide bonds. The van der Waals surface area contributed by atoms with Crippen molar-refractivity contribution in [2.75, 3.05) is 6.54 Å². The predicted molar refractivity (Wildman–Crippen MR) is 83.3 cm³/mol. The number of likely N-dealkylation sites (N-methyl/N-ethyl adjacent to an activating group) is 1. The lowest BCUT2D eigenvalue weighted by Gasteiger charge is -2.18. The van der Waals surface area contributed by atoms with Crippen molar-refractivity contribution in [1.82, 2.24) is 5.32 Å². The summed E-state index contributed by atoms with van der Waals surface area (Å²) in [5, 5.41) is 5.59. The van der Waals surface area contributed by atoms with Crippen LogP contribution in [0, 0.1) is 12.7 Å². The maximum absolute atomic E-state index is 13.4. The highest BCUT2D eigenvalue weighted by atomic mass is 79.9. The average molecular weight is 342 g/mol. The van der Waals surface area contributed by atoms with E-state index < -0.39 is 0 Å². The van der Waals surface area contributed by atoms with E-state index in [-0.39, 0.29) is 11.9 Å². The summed E-state index contributed by atoms with van der Waals surface area (Å²) in [5.74, 6) is -0.184. The molecule has 0 aliphatic carbocycles. The Bertz CT molecular complexity index is 553. The first-order valence-corrected chi connectivity index (χ1v) is 8.00. The van der Waals surface area contributed by atoms with Crippen LogP contribution in [0.1, 0.15) is 29.0 Å². The molecular formula is C15H17BrFNS. The minimum absolute atomic E-state index is 0.184. The van der Waals surface area contributed by atoms with Gasteiger partial charge in [0.15, 0.2) is 0 Å². The van der Waals surface area contributed by atoms with Gasteiger partial charge in [-0.3, -0.25) is 0 Å². The van der Waals surface area contributed by atoms with Crippen LogP contribution in [-0.4, -0.2) is 6.54 Å². The van der Waals surface area contributed by atoms with E-state index in [1.165, 1.54) is 16.5 Å². The molecule has 0 fully saturated rings. The first-order valence-electron chi connectivity index (χ1n) is 6.33. The molecule has 19 heavy (non-hydrogen) atoms.